The Morgan fingerprint density at radius 1 is 1.70 bits per heavy atom. The van der Waals surface area contributed by atoms with Crippen molar-refractivity contribution in [1.82, 2.24) is 5.32 Å². The van der Waals surface area contributed by atoms with Crippen molar-refractivity contribution in [2.45, 2.75) is 19.0 Å². The summed E-state index contributed by atoms with van der Waals surface area (Å²) < 4.78 is 5.01. The molecule has 0 amide bonds. The lowest BCUT2D eigenvalue weighted by atomic mass is 10.2. The van der Waals surface area contributed by atoms with Gasteiger partial charge in [-0.25, -0.2) is 0 Å². The SMILES string of the molecule is C[C@H]1COC[C@@H](C(=O)O)N1. The van der Waals surface area contributed by atoms with E-state index in [0.717, 1.165) is 0 Å². The smallest absolute Gasteiger partial charge is 0.323 e. The van der Waals surface area contributed by atoms with Crippen molar-refractivity contribution in [3.8, 4) is 0 Å². The van der Waals surface area contributed by atoms with Crippen LogP contribution in [0, 0.1) is 0 Å². The van der Waals surface area contributed by atoms with Crippen LogP contribution >= 0.6 is 0 Å². The second kappa shape index (κ2) is 2.98. The van der Waals surface area contributed by atoms with Crippen LogP contribution in [0.4, 0.5) is 0 Å². The van der Waals surface area contributed by atoms with Gasteiger partial charge in [0, 0.05) is 6.04 Å². The third kappa shape index (κ3) is 1.68. The quantitative estimate of drug-likeness (QED) is 0.519. The Hall–Kier alpha value is -0.610. The van der Waals surface area contributed by atoms with Crippen molar-refractivity contribution in [3.05, 3.63) is 0 Å². The number of nitrogens with one attached hydrogen (secondary N) is 1. The second-order valence-corrected chi connectivity index (χ2v) is 2.50. The maximum absolute atomic E-state index is 10.4. The van der Waals surface area contributed by atoms with Gasteiger partial charge in [0.15, 0.2) is 0 Å². The molecule has 4 nitrogen and oxygen atoms in total. The summed E-state index contributed by atoms with van der Waals surface area (Å²) in [6.07, 6.45) is 0. The molecule has 0 saturated carbocycles. The molecule has 0 spiro atoms. The maximum Gasteiger partial charge on any atom is 0.323 e. The van der Waals surface area contributed by atoms with Crippen LogP contribution in [-0.4, -0.2) is 36.4 Å². The van der Waals surface area contributed by atoms with Gasteiger partial charge in [0.05, 0.1) is 13.2 Å². The molecule has 1 rings (SSSR count). The van der Waals surface area contributed by atoms with Gasteiger partial charge in [-0.15, -0.1) is 0 Å². The summed E-state index contributed by atoms with van der Waals surface area (Å²) in [5.41, 5.74) is 0. The van der Waals surface area contributed by atoms with Gasteiger partial charge in [-0.3, -0.25) is 10.1 Å². The highest BCUT2D eigenvalue weighted by Gasteiger charge is 2.23. The van der Waals surface area contributed by atoms with Crippen LogP contribution in [0.3, 0.4) is 0 Å². The number of carboxylic acid groups (broad SMARTS) is 1. The van der Waals surface area contributed by atoms with Gasteiger partial charge in [0.25, 0.3) is 0 Å². The number of carbonyl (C=O) groups is 1. The Kier molecular flexibility index (Phi) is 2.24. The van der Waals surface area contributed by atoms with Crippen molar-refractivity contribution < 1.29 is 14.6 Å². The first-order chi connectivity index (χ1) is 4.70. The molecule has 1 heterocycles. The van der Waals surface area contributed by atoms with Gasteiger partial charge >= 0.3 is 5.97 Å². The van der Waals surface area contributed by atoms with Gasteiger partial charge in [0.2, 0.25) is 0 Å². The minimum absolute atomic E-state index is 0.148. The highest BCUT2D eigenvalue weighted by molar-refractivity contribution is 5.73. The normalized spacial score (nSPS) is 33.7. The van der Waals surface area contributed by atoms with Crippen LogP contribution < -0.4 is 5.32 Å². The Morgan fingerprint density at radius 3 is 2.80 bits per heavy atom. The minimum Gasteiger partial charge on any atom is -0.480 e. The highest BCUT2D eigenvalue weighted by atomic mass is 16.5. The summed E-state index contributed by atoms with van der Waals surface area (Å²) in [5.74, 6) is -0.841. The first kappa shape index (κ1) is 7.50. The van der Waals surface area contributed by atoms with Gasteiger partial charge in [0.1, 0.15) is 6.04 Å². The topological polar surface area (TPSA) is 58.6 Å². The van der Waals surface area contributed by atoms with E-state index < -0.39 is 12.0 Å². The van der Waals surface area contributed by atoms with E-state index in [-0.39, 0.29) is 12.6 Å². The Bertz CT molecular complexity index is 137. The first-order valence-corrected chi connectivity index (χ1v) is 3.26. The standard InChI is InChI=1S/C6H11NO3/c1-4-2-10-3-5(7-4)6(8)9/h4-5,7H,2-3H2,1H3,(H,8,9)/t4-,5-/m0/s1. The van der Waals surface area contributed by atoms with Gasteiger partial charge in [-0.2, -0.15) is 0 Å². The first-order valence-electron chi connectivity index (χ1n) is 3.26. The van der Waals surface area contributed by atoms with E-state index in [4.69, 9.17) is 9.84 Å². The molecule has 0 radical (unpaired) electrons. The lowest BCUT2D eigenvalue weighted by Crippen LogP contribution is -2.51. The molecular weight excluding hydrogens is 134 g/mol. The van der Waals surface area contributed by atoms with Crippen molar-refractivity contribution in [1.29, 1.82) is 0 Å². The molecule has 1 aliphatic heterocycles. The zero-order chi connectivity index (χ0) is 7.56. The van der Waals surface area contributed by atoms with E-state index in [2.05, 4.69) is 5.32 Å². The van der Waals surface area contributed by atoms with E-state index in [1.54, 1.807) is 0 Å². The molecule has 0 aliphatic carbocycles. The monoisotopic (exact) mass is 145 g/mol. The average molecular weight is 145 g/mol. The maximum atomic E-state index is 10.4. The third-order valence-corrected chi connectivity index (χ3v) is 1.44. The molecule has 0 aromatic carbocycles. The van der Waals surface area contributed by atoms with Gasteiger partial charge in [-0.05, 0) is 6.92 Å². The van der Waals surface area contributed by atoms with Crippen LogP contribution in [0.1, 0.15) is 6.92 Å². The van der Waals surface area contributed by atoms with E-state index >= 15 is 0 Å². The number of rotatable bonds is 1. The summed E-state index contributed by atoms with van der Waals surface area (Å²) in [5, 5.41) is 11.4. The number of morpholine rings is 1. The molecule has 0 aromatic heterocycles. The predicted molar refractivity (Wildman–Crippen MR) is 34.8 cm³/mol. The van der Waals surface area contributed by atoms with Gasteiger partial charge < -0.3 is 9.84 Å². The minimum atomic E-state index is -0.841. The van der Waals surface area contributed by atoms with E-state index in [0.29, 0.717) is 6.61 Å². The van der Waals surface area contributed by atoms with E-state index in [1.165, 1.54) is 0 Å². The zero-order valence-electron chi connectivity index (χ0n) is 5.83. The molecule has 2 N–H and O–H groups in total. The third-order valence-electron chi connectivity index (χ3n) is 1.44. The molecule has 0 aromatic rings. The second-order valence-electron chi connectivity index (χ2n) is 2.50. The summed E-state index contributed by atoms with van der Waals surface area (Å²) in [6.45, 7) is 2.78. The molecule has 1 aliphatic rings. The largest absolute Gasteiger partial charge is 0.480 e. The number of ether oxygens (including phenoxy) is 1. The fourth-order valence-electron chi connectivity index (χ4n) is 0.945. The number of hydrogen-bond acceptors (Lipinski definition) is 3. The van der Waals surface area contributed by atoms with Crippen molar-refractivity contribution >= 4 is 5.97 Å². The van der Waals surface area contributed by atoms with E-state index in [1.807, 2.05) is 6.92 Å². The van der Waals surface area contributed by atoms with Crippen LogP contribution in [0.15, 0.2) is 0 Å². The zero-order valence-corrected chi connectivity index (χ0v) is 5.83. The Morgan fingerprint density at radius 2 is 2.40 bits per heavy atom. The summed E-state index contributed by atoms with van der Waals surface area (Å²) in [7, 11) is 0. The van der Waals surface area contributed by atoms with Crippen LogP contribution in [0.25, 0.3) is 0 Å². The fourth-order valence-corrected chi connectivity index (χ4v) is 0.945. The molecule has 10 heavy (non-hydrogen) atoms. The molecule has 2 atom stereocenters. The lowest BCUT2D eigenvalue weighted by Gasteiger charge is -2.25. The summed E-state index contributed by atoms with van der Waals surface area (Å²) in [6, 6.07) is -0.376. The van der Waals surface area contributed by atoms with Crippen LogP contribution in [0.2, 0.25) is 0 Å². The van der Waals surface area contributed by atoms with Crippen molar-refractivity contribution in [2.24, 2.45) is 0 Å². The molecule has 0 bridgehead atoms. The summed E-state index contributed by atoms with van der Waals surface area (Å²) in [4.78, 5) is 10.4. The average Bonchev–Trinajstić information content (AvgIpc) is 1.88. The van der Waals surface area contributed by atoms with E-state index in [9.17, 15) is 4.79 Å². The number of aliphatic carboxylic acids is 1. The van der Waals surface area contributed by atoms with Crippen molar-refractivity contribution in [3.63, 3.8) is 0 Å². The molecule has 4 heteroatoms. The van der Waals surface area contributed by atoms with Crippen LogP contribution in [0.5, 0.6) is 0 Å². The molecule has 1 fully saturated rings. The molecule has 58 valence electrons. The van der Waals surface area contributed by atoms with Gasteiger partial charge in [-0.1, -0.05) is 0 Å². The summed E-state index contributed by atoms with van der Waals surface area (Å²) >= 11 is 0. The highest BCUT2D eigenvalue weighted by Crippen LogP contribution is 1.98. The lowest BCUT2D eigenvalue weighted by molar-refractivity contribution is -0.143. The Labute approximate surface area is 59.2 Å². The van der Waals surface area contributed by atoms with Crippen molar-refractivity contribution in [2.75, 3.05) is 13.2 Å². The Balaban J connectivity index is 2.39. The fraction of sp³-hybridized carbons (Fsp3) is 0.833. The predicted octanol–water partition coefficient (Wildman–Crippen LogP) is -0.552. The molecule has 1 saturated heterocycles. The number of carboxylic acids is 1. The van der Waals surface area contributed by atoms with Crippen LogP contribution in [-0.2, 0) is 9.53 Å². The molecule has 0 unspecified atom stereocenters. The molecular formula is C6H11NO3. The number of hydrogen-bond donors (Lipinski definition) is 2.